The van der Waals surface area contributed by atoms with Gasteiger partial charge in [-0.15, -0.1) is 0 Å². The van der Waals surface area contributed by atoms with Crippen LogP contribution in [0.1, 0.15) is 0 Å². The molecule has 0 aliphatic carbocycles. The second kappa shape index (κ2) is 17.2. The largest absolute Gasteiger partial charge is 0.371 e. The van der Waals surface area contributed by atoms with Crippen molar-refractivity contribution in [2.45, 2.75) is 18.3 Å². The molecule has 0 saturated carbocycles. The number of nitrogens with zero attached hydrogens (tertiary/aromatic N) is 12. The summed E-state index contributed by atoms with van der Waals surface area (Å²) in [5.74, 6) is 2.47. The Hall–Kier alpha value is -3.50. The van der Waals surface area contributed by atoms with Crippen molar-refractivity contribution >= 4 is 35.7 Å². The number of methoxy groups -OCH3 is 2. The molecule has 5 heterocycles. The maximum Gasteiger partial charge on any atom is 0.235 e. The zero-order valence-corrected chi connectivity index (χ0v) is 28.8. The topological polar surface area (TPSA) is 181 Å². The molecule has 0 spiro atoms. The molecule has 3 aliphatic rings. The Kier molecular flexibility index (Phi) is 12.9. The van der Waals surface area contributed by atoms with Gasteiger partial charge < -0.3 is 57.5 Å². The van der Waals surface area contributed by atoms with E-state index in [2.05, 4.69) is 4.98 Å². The average molecular weight is 681 g/mol. The van der Waals surface area contributed by atoms with Crippen molar-refractivity contribution < 1.29 is 37.9 Å². The van der Waals surface area contributed by atoms with E-state index in [0.29, 0.717) is 75.5 Å². The zero-order valence-electron chi connectivity index (χ0n) is 28.8. The molecule has 20 nitrogen and oxygen atoms in total. The van der Waals surface area contributed by atoms with E-state index < -0.39 is 0 Å². The van der Waals surface area contributed by atoms with Crippen molar-refractivity contribution in [3.63, 3.8) is 0 Å². The van der Waals surface area contributed by atoms with E-state index in [1.165, 1.54) is 0 Å². The molecule has 2 aromatic heterocycles. The quantitative estimate of drug-likeness (QED) is 0.0975. The molecule has 0 N–H and O–H groups in total. The molecule has 2 aromatic rings. The molecule has 0 aromatic carbocycles. The Morgan fingerprint density at radius 3 is 1.33 bits per heavy atom. The summed E-state index contributed by atoms with van der Waals surface area (Å²) in [6.45, 7) is 4.92. The highest BCUT2D eigenvalue weighted by atomic mass is 16.6. The van der Waals surface area contributed by atoms with Crippen LogP contribution < -0.4 is 29.4 Å². The Balaban J connectivity index is 1.37. The molecule has 3 saturated heterocycles. The number of ether oxygens (including phenoxy) is 8. The lowest BCUT2D eigenvalue weighted by Crippen LogP contribution is -2.40. The van der Waals surface area contributed by atoms with E-state index in [-0.39, 0.29) is 51.9 Å². The smallest absolute Gasteiger partial charge is 0.235 e. The molecule has 3 unspecified atom stereocenters. The summed E-state index contributed by atoms with van der Waals surface area (Å²) in [6, 6.07) is 0. The van der Waals surface area contributed by atoms with Crippen molar-refractivity contribution in [1.29, 1.82) is 0 Å². The van der Waals surface area contributed by atoms with Gasteiger partial charge >= 0.3 is 0 Å². The molecule has 0 bridgehead atoms. The fraction of sp³-hybridized carbons (Fsp3) is 0.786. The van der Waals surface area contributed by atoms with Gasteiger partial charge in [0.1, 0.15) is 52.0 Å². The SMILES string of the molecule is COCN(COCC1CO1)c1nc(N(C)COCC2CO2)nc(N(COC)CN(C)c2nc(N(C)C)nc(N(C)COCC3CO3)n2)n1. The number of hydrogen-bond acceptors (Lipinski definition) is 20. The minimum absolute atomic E-state index is 0.110. The minimum Gasteiger partial charge on any atom is -0.371 e. The van der Waals surface area contributed by atoms with Crippen LogP contribution in [0.2, 0.25) is 0 Å². The third kappa shape index (κ3) is 11.0. The third-order valence-corrected chi connectivity index (χ3v) is 7.08. The highest BCUT2D eigenvalue weighted by Gasteiger charge is 2.27. The fourth-order valence-corrected chi connectivity index (χ4v) is 4.17. The number of hydrogen-bond donors (Lipinski definition) is 0. The summed E-state index contributed by atoms with van der Waals surface area (Å²) in [5.41, 5.74) is 0. The summed E-state index contributed by atoms with van der Waals surface area (Å²) in [7, 11) is 12.5. The summed E-state index contributed by atoms with van der Waals surface area (Å²) >= 11 is 0. The number of epoxide rings is 3. The predicted octanol–water partition coefficient (Wildman–Crippen LogP) is -0.972. The van der Waals surface area contributed by atoms with E-state index in [4.69, 9.17) is 62.8 Å². The molecule has 0 radical (unpaired) electrons. The van der Waals surface area contributed by atoms with Gasteiger partial charge in [0.2, 0.25) is 35.7 Å². The van der Waals surface area contributed by atoms with Crippen LogP contribution in [0.3, 0.4) is 0 Å². The summed E-state index contributed by atoms with van der Waals surface area (Å²) in [5, 5.41) is 0. The van der Waals surface area contributed by atoms with Crippen molar-refractivity contribution in [2.24, 2.45) is 0 Å². The summed E-state index contributed by atoms with van der Waals surface area (Å²) in [6.07, 6.45) is 0.406. The normalized spacial score (nSPS) is 19.2. The van der Waals surface area contributed by atoms with E-state index in [1.54, 1.807) is 24.0 Å². The first-order valence-corrected chi connectivity index (χ1v) is 15.6. The van der Waals surface area contributed by atoms with Crippen LogP contribution in [0.5, 0.6) is 0 Å². The second-order valence-electron chi connectivity index (χ2n) is 11.9. The van der Waals surface area contributed by atoms with E-state index in [1.807, 2.05) is 54.8 Å². The lowest BCUT2D eigenvalue weighted by Gasteiger charge is -2.30. The van der Waals surface area contributed by atoms with Gasteiger partial charge in [0.15, 0.2) is 0 Å². The highest BCUT2D eigenvalue weighted by Crippen LogP contribution is 2.22. The van der Waals surface area contributed by atoms with Crippen LogP contribution >= 0.6 is 0 Å². The molecular weight excluding hydrogens is 632 g/mol. The van der Waals surface area contributed by atoms with Crippen LogP contribution in [0.25, 0.3) is 0 Å². The molecule has 5 rings (SSSR count). The summed E-state index contributed by atoms with van der Waals surface area (Å²) < 4.78 is 44.3. The van der Waals surface area contributed by atoms with Gasteiger partial charge in [0.25, 0.3) is 0 Å². The van der Waals surface area contributed by atoms with Gasteiger partial charge in [-0.1, -0.05) is 0 Å². The van der Waals surface area contributed by atoms with Gasteiger partial charge in [-0.05, 0) is 0 Å². The van der Waals surface area contributed by atoms with Crippen molar-refractivity contribution in [3.8, 4) is 0 Å². The zero-order chi connectivity index (χ0) is 34.0. The number of aromatic nitrogens is 6. The lowest BCUT2D eigenvalue weighted by molar-refractivity contribution is 0.0920. The standard InChI is InChI=1S/C28H48N12O8/c1-35(2)23-29-24(31-25(30-23)37(4)15-43-8-20-11-46-20)36(3)14-39(17-41-6)27-32-26(38(5)16-44-9-21-12-47-21)33-28(34-27)40(18-42-7)19-45-10-22-13-48-22/h20-22H,8-19H2,1-7H3. The summed E-state index contributed by atoms with van der Waals surface area (Å²) in [4.78, 5) is 39.3. The van der Waals surface area contributed by atoms with Crippen LogP contribution in [-0.2, 0) is 37.9 Å². The van der Waals surface area contributed by atoms with Gasteiger partial charge in [0.05, 0.1) is 46.3 Å². The van der Waals surface area contributed by atoms with Crippen LogP contribution in [-0.4, -0.2) is 178 Å². The molecule has 0 amide bonds. The first-order chi connectivity index (χ1) is 23.2. The monoisotopic (exact) mass is 680 g/mol. The van der Waals surface area contributed by atoms with Crippen LogP contribution in [0, 0.1) is 0 Å². The number of anilines is 6. The van der Waals surface area contributed by atoms with E-state index in [0.717, 1.165) is 6.61 Å². The molecule has 268 valence electrons. The highest BCUT2D eigenvalue weighted by molar-refractivity contribution is 5.49. The molecular formula is C28H48N12O8. The van der Waals surface area contributed by atoms with Crippen LogP contribution in [0.4, 0.5) is 35.7 Å². The maximum absolute atomic E-state index is 5.87. The Labute approximate surface area is 280 Å². The predicted molar refractivity (Wildman–Crippen MR) is 174 cm³/mol. The number of rotatable bonds is 24. The Morgan fingerprint density at radius 1 is 0.500 bits per heavy atom. The second-order valence-corrected chi connectivity index (χ2v) is 11.9. The van der Waals surface area contributed by atoms with Gasteiger partial charge in [0, 0.05) is 49.5 Å². The molecule has 3 atom stereocenters. The van der Waals surface area contributed by atoms with E-state index in [9.17, 15) is 0 Å². The molecule has 3 fully saturated rings. The van der Waals surface area contributed by atoms with Gasteiger partial charge in [-0.2, -0.15) is 29.9 Å². The third-order valence-electron chi connectivity index (χ3n) is 7.08. The maximum atomic E-state index is 5.87. The van der Waals surface area contributed by atoms with Crippen molar-refractivity contribution in [1.82, 2.24) is 29.9 Å². The molecule has 48 heavy (non-hydrogen) atoms. The fourth-order valence-electron chi connectivity index (χ4n) is 4.17. The first-order valence-electron chi connectivity index (χ1n) is 15.6. The van der Waals surface area contributed by atoms with E-state index >= 15 is 0 Å². The van der Waals surface area contributed by atoms with Gasteiger partial charge in [-0.3, -0.25) is 9.80 Å². The molecule has 3 aliphatic heterocycles. The van der Waals surface area contributed by atoms with Gasteiger partial charge in [-0.25, -0.2) is 0 Å². The van der Waals surface area contributed by atoms with Crippen molar-refractivity contribution in [3.05, 3.63) is 0 Å². The minimum atomic E-state index is 0.110. The van der Waals surface area contributed by atoms with Crippen LogP contribution in [0.15, 0.2) is 0 Å². The van der Waals surface area contributed by atoms with Crippen molar-refractivity contribution in [2.75, 3.05) is 159 Å². The first kappa shape index (κ1) is 35.8. The lowest BCUT2D eigenvalue weighted by atomic mass is 10.5. The average Bonchev–Trinajstić information content (AvgIpc) is 3.91. The Bertz CT molecular complexity index is 1290. The molecule has 20 heteroatoms. The Morgan fingerprint density at radius 2 is 0.875 bits per heavy atom.